The van der Waals surface area contributed by atoms with E-state index >= 15 is 0 Å². The Labute approximate surface area is 202 Å². The number of aliphatic hydroxyl groups is 1. The Hall–Kier alpha value is -3.24. The van der Waals surface area contributed by atoms with Gasteiger partial charge in [0.15, 0.2) is 5.13 Å². The Balaban J connectivity index is 1.18. The van der Waals surface area contributed by atoms with Gasteiger partial charge in [0.05, 0.1) is 23.7 Å². The van der Waals surface area contributed by atoms with Gasteiger partial charge in [-0.2, -0.15) is 0 Å². The van der Waals surface area contributed by atoms with Crippen LogP contribution in [0.3, 0.4) is 0 Å². The van der Waals surface area contributed by atoms with Gasteiger partial charge in [0, 0.05) is 56.8 Å². The minimum absolute atomic E-state index is 0.100. The Morgan fingerprint density at radius 2 is 1.82 bits per heavy atom. The van der Waals surface area contributed by atoms with Crippen LogP contribution in [0.1, 0.15) is 36.2 Å². The highest BCUT2D eigenvalue weighted by atomic mass is 32.1. The van der Waals surface area contributed by atoms with Crippen molar-refractivity contribution in [3.8, 4) is 5.88 Å². The summed E-state index contributed by atoms with van der Waals surface area (Å²) >= 11 is 1.49. The number of aromatic nitrogens is 3. The molecule has 1 amide bonds. The third-order valence-corrected chi connectivity index (χ3v) is 7.12. The highest BCUT2D eigenvalue weighted by Crippen LogP contribution is 2.30. The van der Waals surface area contributed by atoms with Gasteiger partial charge in [-0.05, 0) is 25.0 Å². The molecule has 0 aliphatic carbocycles. The predicted molar refractivity (Wildman–Crippen MR) is 132 cm³/mol. The molecule has 5 rings (SSSR count). The van der Waals surface area contributed by atoms with Gasteiger partial charge in [-0.25, -0.2) is 9.97 Å². The fourth-order valence-corrected chi connectivity index (χ4v) is 5.20. The molecule has 2 saturated heterocycles. The largest absolute Gasteiger partial charge is 0.473 e. The van der Waals surface area contributed by atoms with Crippen molar-refractivity contribution in [2.75, 3.05) is 41.3 Å². The van der Waals surface area contributed by atoms with Crippen molar-refractivity contribution < 1.29 is 14.6 Å². The number of carbonyl (C=O) groups excluding carboxylic acids is 1. The topological polar surface area (TPSA) is 104 Å². The normalized spacial score (nSPS) is 17.6. The van der Waals surface area contributed by atoms with Crippen molar-refractivity contribution in [2.24, 2.45) is 0 Å². The lowest BCUT2D eigenvalue weighted by atomic mass is 10.1. The van der Waals surface area contributed by atoms with E-state index in [-0.39, 0.29) is 18.1 Å². The number of piperidine rings is 2. The molecule has 10 heteroatoms. The molecule has 0 spiro atoms. The fraction of sp³-hybridized carbons (Fsp3) is 0.417. The number of rotatable bonds is 6. The second-order valence-electron chi connectivity index (χ2n) is 8.55. The maximum absolute atomic E-state index is 13.0. The van der Waals surface area contributed by atoms with Crippen LogP contribution in [0.15, 0.2) is 48.2 Å². The molecule has 2 N–H and O–H groups in total. The zero-order valence-electron chi connectivity index (χ0n) is 18.8. The molecule has 2 aliphatic rings. The zero-order valence-corrected chi connectivity index (χ0v) is 19.7. The molecule has 3 aromatic rings. The van der Waals surface area contributed by atoms with E-state index in [0.29, 0.717) is 11.6 Å². The number of anilines is 3. The Kier molecular flexibility index (Phi) is 6.87. The van der Waals surface area contributed by atoms with Crippen LogP contribution in [0.2, 0.25) is 0 Å². The molecule has 0 bridgehead atoms. The third kappa shape index (κ3) is 5.28. The summed E-state index contributed by atoms with van der Waals surface area (Å²) in [7, 11) is 0. The van der Waals surface area contributed by atoms with Crippen LogP contribution in [0.25, 0.3) is 0 Å². The number of carbonyl (C=O) groups is 1. The van der Waals surface area contributed by atoms with E-state index in [1.54, 1.807) is 18.6 Å². The Bertz CT molecular complexity index is 1090. The quantitative estimate of drug-likeness (QED) is 0.554. The van der Waals surface area contributed by atoms with Crippen molar-refractivity contribution >= 4 is 33.8 Å². The lowest BCUT2D eigenvalue weighted by molar-refractivity contribution is 0.102. The van der Waals surface area contributed by atoms with Crippen molar-refractivity contribution in [1.82, 2.24) is 15.0 Å². The molecule has 0 atom stereocenters. The van der Waals surface area contributed by atoms with E-state index in [4.69, 9.17) is 4.74 Å². The smallest absolute Gasteiger partial charge is 0.275 e. The van der Waals surface area contributed by atoms with Gasteiger partial charge in [-0.3, -0.25) is 9.78 Å². The SMILES string of the molecule is O=C(Nc1ccccc1N1CCC(O)CC1)c1csc(N2CCC(Oc3cnccn3)CC2)n1. The van der Waals surface area contributed by atoms with E-state index in [1.165, 1.54) is 11.3 Å². The highest BCUT2D eigenvalue weighted by Gasteiger charge is 2.25. The van der Waals surface area contributed by atoms with Crippen LogP contribution in [0.4, 0.5) is 16.5 Å². The number of aliphatic hydroxyl groups excluding tert-OH is 1. The molecule has 2 aliphatic heterocycles. The van der Waals surface area contributed by atoms with Gasteiger partial charge < -0.3 is 25.0 Å². The summed E-state index contributed by atoms with van der Waals surface area (Å²) in [5.74, 6) is 0.336. The maximum Gasteiger partial charge on any atom is 0.275 e. The number of ether oxygens (including phenoxy) is 1. The zero-order chi connectivity index (χ0) is 23.3. The summed E-state index contributed by atoms with van der Waals surface area (Å²) in [5, 5.41) is 15.5. The van der Waals surface area contributed by atoms with Crippen LogP contribution in [0, 0.1) is 0 Å². The van der Waals surface area contributed by atoms with E-state index in [0.717, 1.165) is 68.4 Å². The fourth-order valence-electron chi connectivity index (χ4n) is 4.34. The van der Waals surface area contributed by atoms with Gasteiger partial charge >= 0.3 is 0 Å². The summed E-state index contributed by atoms with van der Waals surface area (Å²) in [4.78, 5) is 30.2. The third-order valence-electron chi connectivity index (χ3n) is 6.22. The monoisotopic (exact) mass is 480 g/mol. The Morgan fingerprint density at radius 1 is 1.06 bits per heavy atom. The number of hydrogen-bond donors (Lipinski definition) is 2. The maximum atomic E-state index is 13.0. The molecule has 0 saturated carbocycles. The van der Waals surface area contributed by atoms with Crippen molar-refractivity contribution in [1.29, 1.82) is 0 Å². The molecule has 0 radical (unpaired) electrons. The van der Waals surface area contributed by atoms with Crippen LogP contribution < -0.4 is 19.9 Å². The molecule has 2 aromatic heterocycles. The van der Waals surface area contributed by atoms with Crippen LogP contribution in [-0.4, -0.2) is 64.4 Å². The summed E-state index contributed by atoms with van der Waals surface area (Å²) in [6, 6.07) is 7.80. The first kappa shape index (κ1) is 22.5. The number of thiazole rings is 1. The summed E-state index contributed by atoms with van der Waals surface area (Å²) in [5.41, 5.74) is 2.16. The first-order chi connectivity index (χ1) is 16.7. The molecular formula is C24H28N6O3S. The molecule has 9 nitrogen and oxygen atoms in total. The van der Waals surface area contributed by atoms with Gasteiger partial charge in [0.1, 0.15) is 11.8 Å². The second-order valence-corrected chi connectivity index (χ2v) is 9.39. The predicted octanol–water partition coefficient (Wildman–Crippen LogP) is 3.19. The summed E-state index contributed by atoms with van der Waals surface area (Å²) in [6.07, 6.45) is 7.93. The first-order valence-corrected chi connectivity index (χ1v) is 12.5. The van der Waals surface area contributed by atoms with Crippen molar-refractivity contribution in [2.45, 2.75) is 37.9 Å². The van der Waals surface area contributed by atoms with Gasteiger partial charge in [0.2, 0.25) is 5.88 Å². The summed E-state index contributed by atoms with van der Waals surface area (Å²) in [6.45, 7) is 3.16. The molecule has 1 aromatic carbocycles. The van der Waals surface area contributed by atoms with E-state index < -0.39 is 0 Å². The first-order valence-electron chi connectivity index (χ1n) is 11.6. The van der Waals surface area contributed by atoms with E-state index in [1.807, 2.05) is 29.6 Å². The van der Waals surface area contributed by atoms with Crippen LogP contribution in [-0.2, 0) is 0 Å². The van der Waals surface area contributed by atoms with Crippen molar-refractivity contribution in [3.05, 3.63) is 53.9 Å². The van der Waals surface area contributed by atoms with Crippen LogP contribution >= 0.6 is 11.3 Å². The number of nitrogens with one attached hydrogen (secondary N) is 1. The van der Waals surface area contributed by atoms with Crippen LogP contribution in [0.5, 0.6) is 5.88 Å². The minimum atomic E-state index is -0.241. The number of hydrogen-bond acceptors (Lipinski definition) is 9. The standard InChI is InChI=1S/C24H28N6O3S/c31-17-5-11-29(12-6-17)21-4-2-1-3-19(21)27-23(32)20-16-34-24(28-20)30-13-7-18(8-14-30)33-22-15-25-9-10-26-22/h1-4,9-10,15-18,31H,5-8,11-14H2,(H,27,32). The lowest BCUT2D eigenvalue weighted by Crippen LogP contribution is -2.38. The molecule has 0 unspecified atom stereocenters. The molecule has 2 fully saturated rings. The van der Waals surface area contributed by atoms with Crippen molar-refractivity contribution in [3.63, 3.8) is 0 Å². The second kappa shape index (κ2) is 10.4. The number of para-hydroxylation sites is 2. The molecule has 34 heavy (non-hydrogen) atoms. The van der Waals surface area contributed by atoms with E-state index in [9.17, 15) is 9.90 Å². The Morgan fingerprint density at radius 3 is 2.59 bits per heavy atom. The molecule has 178 valence electrons. The molecule has 4 heterocycles. The lowest BCUT2D eigenvalue weighted by Gasteiger charge is -2.32. The number of amides is 1. The average molecular weight is 481 g/mol. The summed E-state index contributed by atoms with van der Waals surface area (Å²) < 4.78 is 5.92. The van der Waals surface area contributed by atoms with Gasteiger partial charge in [-0.1, -0.05) is 12.1 Å². The number of benzene rings is 1. The number of nitrogens with zero attached hydrogens (tertiary/aromatic N) is 5. The average Bonchev–Trinajstić information content (AvgIpc) is 3.37. The minimum Gasteiger partial charge on any atom is -0.473 e. The van der Waals surface area contributed by atoms with E-state index in [2.05, 4.69) is 30.1 Å². The van der Waals surface area contributed by atoms with Gasteiger partial charge in [-0.15, -0.1) is 11.3 Å². The highest BCUT2D eigenvalue weighted by molar-refractivity contribution is 7.14. The van der Waals surface area contributed by atoms with Gasteiger partial charge in [0.25, 0.3) is 5.91 Å². The molecular weight excluding hydrogens is 452 g/mol.